The average molecular weight is 525 g/mol. The van der Waals surface area contributed by atoms with Crippen molar-refractivity contribution in [1.29, 1.82) is 0 Å². The number of hydrogen-bond donors (Lipinski definition) is 1. The highest BCUT2D eigenvalue weighted by molar-refractivity contribution is 7.94. The summed E-state index contributed by atoms with van der Waals surface area (Å²) >= 11 is 1.47. The van der Waals surface area contributed by atoms with Crippen LogP contribution in [0.4, 0.5) is 17.2 Å². The monoisotopic (exact) mass is 524 g/mol. The standard InChI is InChI=1S/C24H32N6O2S.C3H4O/c1-16-23-21(11-20(26-16)17-12-30(13-17)18-4-6-28(2)14-18)27-24-19(15-33-32-23)22(3-5-25-24)29-7-9-31-10-8-29;1-2-3-4/h3,5,11,17-18H,4,6-10,12-15H2,1-2H3,(H,25,27);2-3H,1H2. The zero-order valence-corrected chi connectivity index (χ0v) is 22.5. The molecule has 0 bridgehead atoms. The Balaban J connectivity index is 0.000000655. The second-order valence-electron chi connectivity index (χ2n) is 9.96. The van der Waals surface area contributed by atoms with Crippen LogP contribution in [0.3, 0.4) is 0 Å². The molecule has 37 heavy (non-hydrogen) atoms. The molecule has 0 spiro atoms. The molecule has 0 saturated carbocycles. The van der Waals surface area contributed by atoms with Gasteiger partial charge >= 0.3 is 0 Å². The molecule has 1 atom stereocenters. The zero-order chi connectivity index (χ0) is 25.8. The predicted molar refractivity (Wildman–Crippen MR) is 148 cm³/mol. The average Bonchev–Trinajstić information content (AvgIpc) is 3.30. The van der Waals surface area contributed by atoms with E-state index < -0.39 is 0 Å². The highest BCUT2D eigenvalue weighted by atomic mass is 32.2. The molecule has 0 radical (unpaired) electrons. The van der Waals surface area contributed by atoms with Crippen LogP contribution >= 0.6 is 12.0 Å². The molecule has 9 nitrogen and oxygen atoms in total. The van der Waals surface area contributed by atoms with Gasteiger partial charge in [-0.25, -0.2) is 4.98 Å². The van der Waals surface area contributed by atoms with Crippen molar-refractivity contribution in [2.75, 3.05) is 69.7 Å². The molecule has 1 unspecified atom stereocenters. The van der Waals surface area contributed by atoms with Gasteiger partial charge in [0.15, 0.2) is 5.75 Å². The molecule has 0 aliphatic carbocycles. The number of hydrogen-bond acceptors (Lipinski definition) is 10. The van der Waals surface area contributed by atoms with Gasteiger partial charge in [0.05, 0.1) is 42.4 Å². The summed E-state index contributed by atoms with van der Waals surface area (Å²) in [6, 6.07) is 5.00. The van der Waals surface area contributed by atoms with E-state index in [0.717, 1.165) is 73.8 Å². The van der Waals surface area contributed by atoms with E-state index in [9.17, 15) is 0 Å². The number of morpholine rings is 1. The van der Waals surface area contributed by atoms with Gasteiger partial charge in [-0.05, 0) is 45.1 Å². The van der Waals surface area contributed by atoms with Crippen molar-refractivity contribution in [3.05, 3.63) is 47.9 Å². The van der Waals surface area contributed by atoms with Crippen LogP contribution in [-0.2, 0) is 15.3 Å². The molecule has 0 amide bonds. The van der Waals surface area contributed by atoms with Crippen molar-refractivity contribution in [3.63, 3.8) is 0 Å². The van der Waals surface area contributed by atoms with Crippen LogP contribution in [0.5, 0.6) is 5.75 Å². The summed E-state index contributed by atoms with van der Waals surface area (Å²) in [7, 11) is 2.22. The second-order valence-corrected chi connectivity index (χ2v) is 10.7. The van der Waals surface area contributed by atoms with Gasteiger partial charge in [0.2, 0.25) is 0 Å². The van der Waals surface area contributed by atoms with Crippen LogP contribution in [0, 0.1) is 6.92 Å². The van der Waals surface area contributed by atoms with Crippen molar-refractivity contribution in [3.8, 4) is 5.75 Å². The molecule has 1 N–H and O–H groups in total. The van der Waals surface area contributed by atoms with Gasteiger partial charge in [-0.2, -0.15) is 0 Å². The summed E-state index contributed by atoms with van der Waals surface area (Å²) in [4.78, 5) is 26.2. The number of ether oxygens (including phenoxy) is 1. The lowest BCUT2D eigenvalue weighted by Crippen LogP contribution is -2.51. The number of likely N-dealkylation sites (N-methyl/N-ethyl adjacent to an activating group) is 1. The fraction of sp³-hybridized carbons (Fsp3) is 0.519. The number of aromatic nitrogens is 2. The topological polar surface area (TPSA) is 83.1 Å². The molecule has 10 heteroatoms. The Morgan fingerprint density at radius 2 is 2.00 bits per heavy atom. The van der Waals surface area contributed by atoms with E-state index in [-0.39, 0.29) is 0 Å². The quantitative estimate of drug-likeness (QED) is 0.365. The molecule has 3 saturated heterocycles. The molecule has 198 valence electrons. The van der Waals surface area contributed by atoms with Gasteiger partial charge in [-0.15, -0.1) is 0 Å². The van der Waals surface area contributed by atoms with Gasteiger partial charge in [0.1, 0.15) is 12.1 Å². The summed E-state index contributed by atoms with van der Waals surface area (Å²) < 4.78 is 11.7. The summed E-state index contributed by atoms with van der Waals surface area (Å²) in [6.45, 7) is 13.1. The maximum absolute atomic E-state index is 9.06. The van der Waals surface area contributed by atoms with E-state index in [0.29, 0.717) is 18.2 Å². The first-order valence-corrected chi connectivity index (χ1v) is 13.9. The van der Waals surface area contributed by atoms with E-state index in [1.54, 1.807) is 0 Å². The molecule has 6 heterocycles. The highest BCUT2D eigenvalue weighted by Crippen LogP contribution is 2.42. The van der Waals surface area contributed by atoms with E-state index in [1.807, 2.05) is 13.1 Å². The molecular weight excluding hydrogens is 488 g/mol. The number of nitrogens with one attached hydrogen (secondary N) is 1. The fourth-order valence-electron chi connectivity index (χ4n) is 5.41. The van der Waals surface area contributed by atoms with Crippen molar-refractivity contribution >= 4 is 35.5 Å². The Hall–Kier alpha value is -2.66. The largest absolute Gasteiger partial charge is 0.421 e. The summed E-state index contributed by atoms with van der Waals surface area (Å²) in [5.41, 5.74) is 5.47. The van der Waals surface area contributed by atoms with Crippen molar-refractivity contribution in [1.82, 2.24) is 19.8 Å². The number of anilines is 3. The van der Waals surface area contributed by atoms with Gasteiger partial charge in [-0.1, -0.05) is 6.58 Å². The lowest BCUT2D eigenvalue weighted by Gasteiger charge is -2.43. The smallest absolute Gasteiger partial charge is 0.181 e. The molecule has 0 aromatic carbocycles. The third-order valence-electron chi connectivity index (χ3n) is 7.45. The first-order chi connectivity index (χ1) is 18.1. The molecule has 4 aliphatic rings. The van der Waals surface area contributed by atoms with Crippen LogP contribution in [0.2, 0.25) is 0 Å². The Bertz CT molecular complexity index is 1110. The third-order valence-corrected chi connectivity index (χ3v) is 8.14. The van der Waals surface area contributed by atoms with Crippen LogP contribution in [0.1, 0.15) is 29.3 Å². The molecule has 3 fully saturated rings. The van der Waals surface area contributed by atoms with Gasteiger partial charge < -0.3 is 24.0 Å². The number of likely N-dealkylation sites (tertiary alicyclic amines) is 2. The number of pyridine rings is 2. The van der Waals surface area contributed by atoms with E-state index in [1.165, 1.54) is 48.9 Å². The SMILES string of the molecule is C=CC=O.Cc1nc(C2CN(C3CCN(C)C3)C2)cc2c1OSCc1c(N3CCOCC3)ccnc1N2. The van der Waals surface area contributed by atoms with Gasteiger partial charge in [0.25, 0.3) is 0 Å². The summed E-state index contributed by atoms with van der Waals surface area (Å²) in [5, 5.41) is 3.61. The first kappa shape index (κ1) is 26.0. The van der Waals surface area contributed by atoms with Crippen LogP contribution in [-0.4, -0.2) is 91.6 Å². The van der Waals surface area contributed by atoms with E-state index >= 15 is 0 Å². The molecule has 6 rings (SSSR count). The van der Waals surface area contributed by atoms with Crippen molar-refractivity contribution in [2.24, 2.45) is 0 Å². The molecule has 2 aromatic heterocycles. The minimum absolute atomic E-state index is 0.479. The second kappa shape index (κ2) is 11.8. The van der Waals surface area contributed by atoms with Crippen LogP contribution < -0.4 is 14.4 Å². The number of nitrogens with zero attached hydrogens (tertiary/aromatic N) is 5. The number of carbonyl (C=O) groups excluding carboxylic acids is 1. The lowest BCUT2D eigenvalue weighted by molar-refractivity contribution is -0.104. The summed E-state index contributed by atoms with van der Waals surface area (Å²) in [5.74, 6) is 2.95. The number of allylic oxidation sites excluding steroid dienone is 1. The van der Waals surface area contributed by atoms with Crippen LogP contribution in [0.15, 0.2) is 31.0 Å². The zero-order valence-electron chi connectivity index (χ0n) is 21.7. The number of aldehydes is 1. The van der Waals surface area contributed by atoms with Gasteiger partial charge in [-0.3, -0.25) is 14.7 Å². The Kier molecular flexibility index (Phi) is 8.29. The fourth-order valence-corrected chi connectivity index (χ4v) is 6.20. The molecular formula is C27H36N6O3S. The lowest BCUT2D eigenvalue weighted by atomic mass is 9.92. The predicted octanol–water partition coefficient (Wildman–Crippen LogP) is 3.38. The number of rotatable bonds is 4. The highest BCUT2D eigenvalue weighted by Gasteiger charge is 2.37. The number of aryl methyl sites for hydroxylation is 1. The number of fused-ring (bicyclic) bond motifs is 2. The van der Waals surface area contributed by atoms with Crippen molar-refractivity contribution < 1.29 is 13.7 Å². The first-order valence-electron chi connectivity index (χ1n) is 12.9. The van der Waals surface area contributed by atoms with Crippen LogP contribution in [0.25, 0.3) is 0 Å². The normalized spacial score (nSPS) is 22.1. The Morgan fingerprint density at radius 3 is 2.70 bits per heavy atom. The maximum atomic E-state index is 9.06. The third kappa shape index (κ3) is 5.77. The van der Waals surface area contributed by atoms with Crippen molar-refractivity contribution in [2.45, 2.75) is 31.1 Å². The minimum Gasteiger partial charge on any atom is -0.421 e. The summed E-state index contributed by atoms with van der Waals surface area (Å²) in [6.07, 6.45) is 5.02. The molecule has 4 aliphatic heterocycles. The van der Waals surface area contributed by atoms with Gasteiger partial charge in [0, 0.05) is 67.8 Å². The Labute approximate surface area is 223 Å². The number of carbonyl (C=O) groups is 1. The maximum Gasteiger partial charge on any atom is 0.181 e. The molecule has 2 aromatic rings. The Morgan fingerprint density at radius 1 is 1.22 bits per heavy atom. The van der Waals surface area contributed by atoms with E-state index in [4.69, 9.17) is 23.7 Å². The minimum atomic E-state index is 0.479. The van der Waals surface area contributed by atoms with E-state index in [2.05, 4.69) is 45.8 Å².